The van der Waals surface area contributed by atoms with E-state index < -0.39 is 0 Å². The van der Waals surface area contributed by atoms with Crippen LogP contribution in [0.4, 0.5) is 5.69 Å². The molecule has 2 aromatic heterocycles. The van der Waals surface area contributed by atoms with E-state index in [1.54, 1.807) is 0 Å². The molecule has 0 saturated carbocycles. The van der Waals surface area contributed by atoms with Crippen LogP contribution in [-0.4, -0.2) is 9.78 Å². The van der Waals surface area contributed by atoms with Crippen LogP contribution < -0.4 is 5.32 Å². The summed E-state index contributed by atoms with van der Waals surface area (Å²) in [5.74, 6) is 0. The number of hydrogen-bond acceptors (Lipinski definition) is 3. The predicted octanol–water partition coefficient (Wildman–Crippen LogP) is 3.91. The minimum Gasteiger partial charge on any atom is -0.378 e. The van der Waals surface area contributed by atoms with Gasteiger partial charge in [-0.15, -0.1) is 11.3 Å². The van der Waals surface area contributed by atoms with Gasteiger partial charge in [-0.1, -0.05) is 30.3 Å². The maximum absolute atomic E-state index is 4.39. The van der Waals surface area contributed by atoms with Crippen molar-refractivity contribution in [3.8, 4) is 0 Å². The summed E-state index contributed by atoms with van der Waals surface area (Å²) < 4.78 is 1.96. The summed E-state index contributed by atoms with van der Waals surface area (Å²) in [5, 5.41) is 7.79. The van der Waals surface area contributed by atoms with Crippen LogP contribution in [0.3, 0.4) is 0 Å². The minimum absolute atomic E-state index is 0.806. The third kappa shape index (κ3) is 3.27. The van der Waals surface area contributed by atoms with E-state index in [1.165, 1.54) is 15.3 Å². The van der Waals surface area contributed by atoms with E-state index in [2.05, 4.69) is 53.7 Å². The van der Waals surface area contributed by atoms with Crippen molar-refractivity contribution in [1.29, 1.82) is 0 Å². The summed E-state index contributed by atoms with van der Waals surface area (Å²) in [6.07, 6.45) is 3.93. The number of rotatable bonds is 5. The average Bonchev–Trinajstić information content (AvgIpc) is 3.07. The van der Waals surface area contributed by atoms with Crippen molar-refractivity contribution in [2.45, 2.75) is 20.0 Å². The third-order valence-corrected chi connectivity index (χ3v) is 4.08. The van der Waals surface area contributed by atoms with Gasteiger partial charge in [0, 0.05) is 22.5 Å². The number of benzene rings is 1. The van der Waals surface area contributed by atoms with Crippen LogP contribution in [0.1, 0.15) is 15.3 Å². The van der Waals surface area contributed by atoms with Crippen molar-refractivity contribution in [2.75, 3.05) is 5.32 Å². The molecule has 20 heavy (non-hydrogen) atoms. The summed E-state index contributed by atoms with van der Waals surface area (Å²) in [4.78, 5) is 2.69. The Morgan fingerprint density at radius 3 is 2.75 bits per heavy atom. The summed E-state index contributed by atoms with van der Waals surface area (Å²) in [6, 6.07) is 14.7. The second-order valence-corrected chi connectivity index (χ2v) is 6.15. The van der Waals surface area contributed by atoms with Crippen molar-refractivity contribution >= 4 is 17.0 Å². The van der Waals surface area contributed by atoms with Gasteiger partial charge in [-0.2, -0.15) is 5.10 Å². The van der Waals surface area contributed by atoms with Crippen LogP contribution >= 0.6 is 11.3 Å². The molecular formula is C16H17N3S. The Morgan fingerprint density at radius 2 is 2.00 bits per heavy atom. The maximum atomic E-state index is 4.39. The van der Waals surface area contributed by atoms with Gasteiger partial charge in [-0.05, 0) is 24.6 Å². The zero-order chi connectivity index (χ0) is 13.8. The van der Waals surface area contributed by atoms with Crippen LogP contribution in [0.2, 0.25) is 0 Å². The molecule has 3 rings (SSSR count). The normalized spacial score (nSPS) is 10.7. The third-order valence-electron chi connectivity index (χ3n) is 3.08. The topological polar surface area (TPSA) is 29.9 Å². The fourth-order valence-corrected chi connectivity index (χ4v) is 2.91. The average molecular weight is 283 g/mol. The van der Waals surface area contributed by atoms with Crippen LogP contribution in [-0.2, 0) is 13.1 Å². The van der Waals surface area contributed by atoms with Crippen LogP contribution in [0.15, 0.2) is 54.9 Å². The number of aromatic nitrogens is 2. The first-order chi connectivity index (χ1) is 9.79. The van der Waals surface area contributed by atoms with Gasteiger partial charge in [-0.25, -0.2) is 0 Å². The lowest BCUT2D eigenvalue weighted by Gasteiger charge is -2.02. The van der Waals surface area contributed by atoms with Gasteiger partial charge < -0.3 is 5.32 Å². The highest BCUT2D eigenvalue weighted by Gasteiger charge is 2.01. The Hall–Kier alpha value is -2.07. The molecule has 0 saturated heterocycles. The quantitative estimate of drug-likeness (QED) is 0.769. The number of nitrogens with zero attached hydrogens (tertiary/aromatic N) is 2. The molecule has 0 atom stereocenters. The van der Waals surface area contributed by atoms with Crippen molar-refractivity contribution in [3.63, 3.8) is 0 Å². The Kier molecular flexibility index (Phi) is 3.83. The molecule has 3 nitrogen and oxygen atoms in total. The Bertz CT molecular complexity index is 670. The maximum Gasteiger partial charge on any atom is 0.0729 e. The molecule has 102 valence electrons. The van der Waals surface area contributed by atoms with Gasteiger partial charge >= 0.3 is 0 Å². The predicted molar refractivity (Wildman–Crippen MR) is 84.2 cm³/mol. The monoisotopic (exact) mass is 283 g/mol. The van der Waals surface area contributed by atoms with E-state index in [4.69, 9.17) is 0 Å². The molecule has 1 aromatic carbocycles. The number of anilines is 1. The van der Waals surface area contributed by atoms with E-state index >= 15 is 0 Å². The second-order valence-electron chi connectivity index (χ2n) is 4.78. The number of hydrogen-bond donors (Lipinski definition) is 1. The first-order valence-electron chi connectivity index (χ1n) is 6.65. The summed E-state index contributed by atoms with van der Waals surface area (Å²) in [5.41, 5.74) is 2.32. The van der Waals surface area contributed by atoms with E-state index in [1.807, 2.05) is 34.5 Å². The van der Waals surface area contributed by atoms with E-state index in [0.717, 1.165) is 18.8 Å². The van der Waals surface area contributed by atoms with Crippen LogP contribution in [0.25, 0.3) is 0 Å². The molecule has 0 fully saturated rings. The SMILES string of the molecule is Cc1ccc(CNc2cnn(Cc3ccccc3)c2)s1. The molecule has 2 heterocycles. The first-order valence-corrected chi connectivity index (χ1v) is 7.47. The Labute approximate surface area is 122 Å². The first kappa shape index (κ1) is 12.9. The lowest BCUT2D eigenvalue weighted by molar-refractivity contribution is 0.687. The summed E-state index contributed by atoms with van der Waals surface area (Å²) in [6.45, 7) is 3.79. The van der Waals surface area contributed by atoms with E-state index in [-0.39, 0.29) is 0 Å². The highest BCUT2D eigenvalue weighted by Crippen LogP contribution is 2.17. The van der Waals surface area contributed by atoms with E-state index in [9.17, 15) is 0 Å². The van der Waals surface area contributed by atoms with Gasteiger partial charge in [0.1, 0.15) is 0 Å². The van der Waals surface area contributed by atoms with Crippen molar-refractivity contribution in [3.05, 3.63) is 70.2 Å². The molecule has 0 aliphatic heterocycles. The molecule has 0 spiro atoms. The molecule has 0 aliphatic rings. The number of aryl methyl sites for hydroxylation is 1. The highest BCUT2D eigenvalue weighted by molar-refractivity contribution is 7.11. The number of thiophene rings is 1. The molecule has 4 heteroatoms. The van der Waals surface area contributed by atoms with Gasteiger partial charge in [0.2, 0.25) is 0 Å². The largest absolute Gasteiger partial charge is 0.378 e. The van der Waals surface area contributed by atoms with Gasteiger partial charge in [0.15, 0.2) is 0 Å². The standard InChI is InChI=1S/C16H17N3S/c1-13-7-8-16(20-13)10-17-15-9-18-19(12-15)11-14-5-3-2-4-6-14/h2-9,12,17H,10-11H2,1H3. The van der Waals surface area contributed by atoms with Gasteiger partial charge in [0.25, 0.3) is 0 Å². The van der Waals surface area contributed by atoms with Crippen molar-refractivity contribution < 1.29 is 0 Å². The lowest BCUT2D eigenvalue weighted by atomic mass is 10.2. The fraction of sp³-hybridized carbons (Fsp3) is 0.188. The van der Waals surface area contributed by atoms with Crippen molar-refractivity contribution in [2.24, 2.45) is 0 Å². The Balaban J connectivity index is 1.59. The van der Waals surface area contributed by atoms with Crippen molar-refractivity contribution in [1.82, 2.24) is 9.78 Å². The molecule has 1 N–H and O–H groups in total. The highest BCUT2D eigenvalue weighted by atomic mass is 32.1. The molecule has 0 amide bonds. The molecule has 0 radical (unpaired) electrons. The van der Waals surface area contributed by atoms with Gasteiger partial charge in [0.05, 0.1) is 18.4 Å². The lowest BCUT2D eigenvalue weighted by Crippen LogP contribution is -2.00. The number of nitrogens with one attached hydrogen (secondary N) is 1. The smallest absolute Gasteiger partial charge is 0.0729 e. The van der Waals surface area contributed by atoms with Crippen LogP contribution in [0.5, 0.6) is 0 Å². The Morgan fingerprint density at radius 1 is 1.15 bits per heavy atom. The molecular weight excluding hydrogens is 266 g/mol. The molecule has 0 bridgehead atoms. The summed E-state index contributed by atoms with van der Waals surface area (Å²) in [7, 11) is 0. The molecule has 3 aromatic rings. The molecule has 0 unspecified atom stereocenters. The zero-order valence-electron chi connectivity index (χ0n) is 11.4. The molecule has 0 aliphatic carbocycles. The summed E-state index contributed by atoms with van der Waals surface area (Å²) >= 11 is 1.83. The zero-order valence-corrected chi connectivity index (χ0v) is 12.2. The van der Waals surface area contributed by atoms with Gasteiger partial charge in [-0.3, -0.25) is 4.68 Å². The van der Waals surface area contributed by atoms with E-state index in [0.29, 0.717) is 0 Å². The minimum atomic E-state index is 0.806. The van der Waals surface area contributed by atoms with Crippen LogP contribution in [0, 0.1) is 6.92 Å². The second kappa shape index (κ2) is 5.92. The fourth-order valence-electron chi connectivity index (χ4n) is 2.08.